The van der Waals surface area contributed by atoms with Crippen LogP contribution >= 0.6 is 0 Å². The van der Waals surface area contributed by atoms with Gasteiger partial charge in [0.1, 0.15) is 0 Å². The first-order valence-electron chi connectivity index (χ1n) is 7.29. The van der Waals surface area contributed by atoms with Gasteiger partial charge in [0.2, 0.25) is 5.95 Å². The van der Waals surface area contributed by atoms with E-state index in [2.05, 4.69) is 21.8 Å². The molecule has 0 radical (unpaired) electrons. The van der Waals surface area contributed by atoms with E-state index in [4.69, 9.17) is 9.47 Å². The summed E-state index contributed by atoms with van der Waals surface area (Å²) in [7, 11) is 0. The van der Waals surface area contributed by atoms with Crippen LogP contribution in [0.15, 0.2) is 12.4 Å². The Kier molecular flexibility index (Phi) is 5.66. The number of aromatic nitrogens is 2. The molecule has 1 saturated heterocycles. The SMILES string of the molecule is CCOCCCNc1nccn1C(C)C1CCCO1. The molecule has 0 spiro atoms. The minimum atomic E-state index is 0.318. The number of rotatable bonds is 8. The summed E-state index contributed by atoms with van der Waals surface area (Å²) in [6, 6.07) is 0.333. The third-order valence-electron chi connectivity index (χ3n) is 3.56. The van der Waals surface area contributed by atoms with Gasteiger partial charge in [0.25, 0.3) is 0 Å². The number of hydrogen-bond acceptors (Lipinski definition) is 4. The van der Waals surface area contributed by atoms with Crippen LogP contribution in [0.4, 0.5) is 5.95 Å². The van der Waals surface area contributed by atoms with Crippen molar-refractivity contribution in [1.82, 2.24) is 9.55 Å². The van der Waals surface area contributed by atoms with Crippen molar-refractivity contribution in [1.29, 1.82) is 0 Å². The fraction of sp³-hybridized carbons (Fsp3) is 0.786. The average Bonchev–Trinajstić information content (AvgIpc) is 3.09. The highest BCUT2D eigenvalue weighted by molar-refractivity contribution is 5.26. The van der Waals surface area contributed by atoms with Gasteiger partial charge in [-0.25, -0.2) is 4.98 Å². The Bertz CT molecular complexity index is 361. The largest absolute Gasteiger partial charge is 0.382 e. The lowest BCUT2D eigenvalue weighted by Gasteiger charge is -2.22. The van der Waals surface area contributed by atoms with Crippen LogP contribution in [0.1, 0.15) is 39.2 Å². The lowest BCUT2D eigenvalue weighted by Crippen LogP contribution is -2.22. The summed E-state index contributed by atoms with van der Waals surface area (Å²) in [4.78, 5) is 4.38. The van der Waals surface area contributed by atoms with Gasteiger partial charge in [-0.15, -0.1) is 0 Å². The monoisotopic (exact) mass is 267 g/mol. The van der Waals surface area contributed by atoms with Gasteiger partial charge in [0.05, 0.1) is 12.1 Å². The Labute approximate surface area is 115 Å². The third kappa shape index (κ3) is 3.94. The molecule has 0 aliphatic carbocycles. The van der Waals surface area contributed by atoms with Crippen molar-refractivity contribution >= 4 is 5.95 Å². The third-order valence-corrected chi connectivity index (χ3v) is 3.56. The zero-order valence-electron chi connectivity index (χ0n) is 12.0. The quantitative estimate of drug-likeness (QED) is 0.735. The van der Waals surface area contributed by atoms with E-state index in [0.29, 0.717) is 12.1 Å². The molecule has 0 amide bonds. The number of anilines is 1. The van der Waals surface area contributed by atoms with Crippen LogP contribution < -0.4 is 5.32 Å². The molecule has 5 heteroatoms. The fourth-order valence-corrected chi connectivity index (χ4v) is 2.46. The summed E-state index contributed by atoms with van der Waals surface area (Å²) in [5, 5.41) is 3.37. The fourth-order valence-electron chi connectivity index (χ4n) is 2.46. The first-order valence-corrected chi connectivity index (χ1v) is 7.29. The highest BCUT2D eigenvalue weighted by atomic mass is 16.5. The van der Waals surface area contributed by atoms with Crippen LogP contribution in [-0.4, -0.2) is 42.0 Å². The van der Waals surface area contributed by atoms with E-state index in [1.165, 1.54) is 6.42 Å². The first kappa shape index (κ1) is 14.3. The molecule has 0 saturated carbocycles. The Morgan fingerprint density at radius 2 is 2.53 bits per heavy atom. The lowest BCUT2D eigenvalue weighted by atomic mass is 10.1. The highest BCUT2D eigenvalue weighted by Gasteiger charge is 2.24. The van der Waals surface area contributed by atoms with E-state index < -0.39 is 0 Å². The number of imidazole rings is 1. The normalized spacial score (nSPS) is 20.6. The molecule has 2 rings (SSSR count). The Morgan fingerprint density at radius 3 is 3.26 bits per heavy atom. The highest BCUT2D eigenvalue weighted by Crippen LogP contribution is 2.26. The van der Waals surface area contributed by atoms with E-state index in [1.54, 1.807) is 0 Å². The molecule has 1 fully saturated rings. The van der Waals surface area contributed by atoms with E-state index in [-0.39, 0.29) is 0 Å². The minimum Gasteiger partial charge on any atom is -0.382 e. The molecule has 1 aliphatic rings. The van der Waals surface area contributed by atoms with Crippen molar-refractivity contribution in [2.45, 2.75) is 45.3 Å². The van der Waals surface area contributed by atoms with Crippen LogP contribution in [0.2, 0.25) is 0 Å². The second kappa shape index (κ2) is 7.50. The number of ether oxygens (including phenoxy) is 2. The van der Waals surface area contributed by atoms with Gasteiger partial charge in [0.15, 0.2) is 0 Å². The standard InChI is InChI=1S/C14H25N3O2/c1-3-18-10-5-7-15-14-16-8-9-17(14)12(2)13-6-4-11-19-13/h8-9,12-13H,3-7,10-11H2,1-2H3,(H,15,16). The van der Waals surface area contributed by atoms with Gasteiger partial charge in [-0.05, 0) is 33.1 Å². The Hall–Kier alpha value is -1.07. The predicted octanol–water partition coefficient (Wildman–Crippen LogP) is 2.46. The maximum atomic E-state index is 5.75. The van der Waals surface area contributed by atoms with Crippen molar-refractivity contribution in [2.75, 3.05) is 31.7 Å². The van der Waals surface area contributed by atoms with Gasteiger partial charge in [-0.1, -0.05) is 0 Å². The molecule has 1 aromatic rings. The zero-order valence-corrected chi connectivity index (χ0v) is 12.0. The summed E-state index contributed by atoms with van der Waals surface area (Å²) < 4.78 is 13.3. The van der Waals surface area contributed by atoms with Gasteiger partial charge >= 0.3 is 0 Å². The van der Waals surface area contributed by atoms with Crippen molar-refractivity contribution in [3.63, 3.8) is 0 Å². The minimum absolute atomic E-state index is 0.318. The lowest BCUT2D eigenvalue weighted by molar-refractivity contribution is 0.0738. The smallest absolute Gasteiger partial charge is 0.203 e. The van der Waals surface area contributed by atoms with Gasteiger partial charge in [-0.2, -0.15) is 0 Å². The van der Waals surface area contributed by atoms with Gasteiger partial charge < -0.3 is 19.4 Å². The molecule has 19 heavy (non-hydrogen) atoms. The number of hydrogen-bond donors (Lipinski definition) is 1. The van der Waals surface area contributed by atoms with Gasteiger partial charge in [0, 0.05) is 38.8 Å². The van der Waals surface area contributed by atoms with Crippen LogP contribution in [0.3, 0.4) is 0 Å². The molecule has 5 nitrogen and oxygen atoms in total. The molecule has 1 aliphatic heterocycles. The average molecular weight is 267 g/mol. The molecule has 108 valence electrons. The van der Waals surface area contributed by atoms with Crippen LogP contribution in [0.25, 0.3) is 0 Å². The second-order valence-electron chi connectivity index (χ2n) is 4.93. The molecular formula is C14H25N3O2. The molecule has 2 heterocycles. The van der Waals surface area contributed by atoms with Gasteiger partial charge in [-0.3, -0.25) is 0 Å². The Morgan fingerprint density at radius 1 is 1.63 bits per heavy atom. The maximum absolute atomic E-state index is 5.75. The van der Waals surface area contributed by atoms with Crippen molar-refractivity contribution in [3.05, 3.63) is 12.4 Å². The number of nitrogens with zero attached hydrogens (tertiary/aromatic N) is 2. The molecule has 2 atom stereocenters. The van der Waals surface area contributed by atoms with E-state index >= 15 is 0 Å². The summed E-state index contributed by atoms with van der Waals surface area (Å²) >= 11 is 0. The molecule has 0 bridgehead atoms. The predicted molar refractivity (Wildman–Crippen MR) is 75.5 cm³/mol. The molecular weight excluding hydrogens is 242 g/mol. The number of nitrogens with one attached hydrogen (secondary N) is 1. The maximum Gasteiger partial charge on any atom is 0.203 e. The van der Waals surface area contributed by atoms with Crippen LogP contribution in [-0.2, 0) is 9.47 Å². The zero-order chi connectivity index (χ0) is 13.5. The first-order chi connectivity index (χ1) is 9.33. The molecule has 1 aromatic heterocycles. The van der Waals surface area contributed by atoms with Crippen LogP contribution in [0.5, 0.6) is 0 Å². The summed E-state index contributed by atoms with van der Waals surface area (Å²) in [5.41, 5.74) is 0. The molecule has 1 N–H and O–H groups in total. The van der Waals surface area contributed by atoms with Crippen molar-refractivity contribution in [2.24, 2.45) is 0 Å². The van der Waals surface area contributed by atoms with Crippen molar-refractivity contribution < 1.29 is 9.47 Å². The van der Waals surface area contributed by atoms with E-state index in [0.717, 1.165) is 45.2 Å². The summed E-state index contributed by atoms with van der Waals surface area (Å²) in [5.74, 6) is 0.930. The van der Waals surface area contributed by atoms with E-state index in [9.17, 15) is 0 Å². The van der Waals surface area contributed by atoms with Crippen LogP contribution in [0, 0.1) is 0 Å². The second-order valence-corrected chi connectivity index (χ2v) is 4.93. The van der Waals surface area contributed by atoms with Crippen molar-refractivity contribution in [3.8, 4) is 0 Å². The Balaban J connectivity index is 1.82. The van der Waals surface area contributed by atoms with E-state index in [1.807, 2.05) is 19.3 Å². The summed E-state index contributed by atoms with van der Waals surface area (Å²) in [6.45, 7) is 7.57. The molecule has 0 aromatic carbocycles. The topological polar surface area (TPSA) is 48.3 Å². The molecule has 2 unspecified atom stereocenters. The summed E-state index contributed by atoms with van der Waals surface area (Å²) in [6.07, 6.45) is 7.49.